The van der Waals surface area contributed by atoms with Crippen molar-refractivity contribution in [2.24, 2.45) is 0 Å². The lowest BCUT2D eigenvalue weighted by atomic mass is 9.94. The van der Waals surface area contributed by atoms with E-state index in [-0.39, 0.29) is 0 Å². The summed E-state index contributed by atoms with van der Waals surface area (Å²) >= 11 is 0. The summed E-state index contributed by atoms with van der Waals surface area (Å²) in [4.78, 5) is 3.85. The van der Waals surface area contributed by atoms with Gasteiger partial charge in [-0.25, -0.2) is 0 Å². The van der Waals surface area contributed by atoms with Gasteiger partial charge in [0.2, 0.25) is 0 Å². The van der Waals surface area contributed by atoms with Crippen LogP contribution in [0.4, 0.5) is 0 Å². The fourth-order valence-corrected chi connectivity index (χ4v) is 4.11. The second-order valence-corrected chi connectivity index (χ2v) is 6.20. The SMILES string of the molecule is CCC[NH+]1CCC([NH+]2CCCC[C@H]2CC)CC1. The van der Waals surface area contributed by atoms with Crippen LogP contribution in [0.25, 0.3) is 0 Å². The summed E-state index contributed by atoms with van der Waals surface area (Å²) in [6.07, 6.45) is 10.2. The summed E-state index contributed by atoms with van der Waals surface area (Å²) in [5.41, 5.74) is 0. The molecule has 2 N–H and O–H groups in total. The van der Waals surface area contributed by atoms with Gasteiger partial charge in [-0.3, -0.25) is 0 Å². The fourth-order valence-electron chi connectivity index (χ4n) is 4.11. The molecule has 2 heterocycles. The summed E-state index contributed by atoms with van der Waals surface area (Å²) in [6.45, 7) is 10.5. The lowest BCUT2D eigenvalue weighted by molar-refractivity contribution is -0.977. The molecule has 2 nitrogen and oxygen atoms in total. The molecular weight excluding hydrogens is 208 g/mol. The van der Waals surface area contributed by atoms with Gasteiger partial charge in [0.1, 0.15) is 0 Å². The Kier molecular flexibility index (Phi) is 5.30. The Bertz CT molecular complexity index is 209. The van der Waals surface area contributed by atoms with Crippen LogP contribution >= 0.6 is 0 Å². The van der Waals surface area contributed by atoms with Crippen LogP contribution < -0.4 is 9.80 Å². The van der Waals surface area contributed by atoms with E-state index in [2.05, 4.69) is 13.8 Å². The van der Waals surface area contributed by atoms with Crippen molar-refractivity contribution in [3.8, 4) is 0 Å². The van der Waals surface area contributed by atoms with Crippen LogP contribution in [0, 0.1) is 0 Å². The summed E-state index contributed by atoms with van der Waals surface area (Å²) in [5, 5.41) is 0. The molecule has 0 amide bonds. The molecule has 1 unspecified atom stereocenters. The number of nitrogens with one attached hydrogen (secondary N) is 2. The van der Waals surface area contributed by atoms with Crippen LogP contribution in [0.2, 0.25) is 0 Å². The molecule has 100 valence electrons. The van der Waals surface area contributed by atoms with E-state index in [0.717, 1.165) is 12.1 Å². The van der Waals surface area contributed by atoms with Crippen molar-refractivity contribution in [3.05, 3.63) is 0 Å². The molecule has 2 fully saturated rings. The first-order valence-electron chi connectivity index (χ1n) is 8.04. The average molecular weight is 240 g/mol. The normalized spacial score (nSPS) is 39.2. The molecule has 2 aliphatic heterocycles. The predicted octanol–water partition coefficient (Wildman–Crippen LogP) is 0.291. The number of hydrogen-bond donors (Lipinski definition) is 2. The predicted molar refractivity (Wildman–Crippen MR) is 72.6 cm³/mol. The van der Waals surface area contributed by atoms with Gasteiger partial charge in [-0.1, -0.05) is 13.8 Å². The molecule has 17 heavy (non-hydrogen) atoms. The number of likely N-dealkylation sites (tertiary alicyclic amines) is 2. The largest absolute Gasteiger partial charge is 0.335 e. The first-order valence-corrected chi connectivity index (χ1v) is 8.04. The molecule has 2 saturated heterocycles. The van der Waals surface area contributed by atoms with Gasteiger partial charge in [0.15, 0.2) is 0 Å². The highest BCUT2D eigenvalue weighted by Crippen LogP contribution is 2.09. The summed E-state index contributed by atoms with van der Waals surface area (Å²) in [7, 11) is 0. The Labute approximate surface area is 107 Å². The zero-order valence-corrected chi connectivity index (χ0v) is 11.9. The van der Waals surface area contributed by atoms with E-state index in [9.17, 15) is 0 Å². The zero-order chi connectivity index (χ0) is 12.1. The van der Waals surface area contributed by atoms with Crippen LogP contribution in [0.5, 0.6) is 0 Å². The third-order valence-corrected chi connectivity index (χ3v) is 5.11. The van der Waals surface area contributed by atoms with Gasteiger partial charge in [-0.05, 0) is 32.1 Å². The van der Waals surface area contributed by atoms with E-state index in [0.29, 0.717) is 0 Å². The third-order valence-electron chi connectivity index (χ3n) is 5.11. The second kappa shape index (κ2) is 6.75. The van der Waals surface area contributed by atoms with Gasteiger partial charge >= 0.3 is 0 Å². The quantitative estimate of drug-likeness (QED) is 0.699. The maximum absolute atomic E-state index is 2.40. The highest BCUT2D eigenvalue weighted by atomic mass is 15.2. The topological polar surface area (TPSA) is 8.88 Å². The van der Waals surface area contributed by atoms with Gasteiger partial charge in [-0.15, -0.1) is 0 Å². The summed E-state index contributed by atoms with van der Waals surface area (Å²) < 4.78 is 0. The summed E-state index contributed by atoms with van der Waals surface area (Å²) in [5.74, 6) is 0. The maximum Gasteiger partial charge on any atom is 0.0985 e. The standard InChI is InChI=1S/C15H30N2/c1-3-10-16-12-8-15(9-13-16)17-11-6-5-7-14(17)4-2/h14-15H,3-13H2,1-2H3/p+2/t14-/m1/s1. The Morgan fingerprint density at radius 2 is 1.71 bits per heavy atom. The number of quaternary nitrogens is 2. The number of rotatable bonds is 4. The molecule has 0 spiro atoms. The lowest BCUT2D eigenvalue weighted by Crippen LogP contribution is -3.23. The van der Waals surface area contributed by atoms with Crippen molar-refractivity contribution in [1.82, 2.24) is 0 Å². The Hall–Kier alpha value is -0.0800. The molecule has 0 aromatic carbocycles. The smallest absolute Gasteiger partial charge is 0.0985 e. The van der Waals surface area contributed by atoms with Crippen molar-refractivity contribution in [3.63, 3.8) is 0 Å². The first kappa shape index (κ1) is 13.4. The minimum Gasteiger partial charge on any atom is -0.335 e. The van der Waals surface area contributed by atoms with Crippen molar-refractivity contribution >= 4 is 0 Å². The van der Waals surface area contributed by atoms with Gasteiger partial charge in [-0.2, -0.15) is 0 Å². The molecule has 0 radical (unpaired) electrons. The van der Waals surface area contributed by atoms with Crippen molar-refractivity contribution in [1.29, 1.82) is 0 Å². The molecule has 0 aliphatic carbocycles. The van der Waals surface area contributed by atoms with Gasteiger partial charge in [0.25, 0.3) is 0 Å². The molecule has 2 aliphatic rings. The lowest BCUT2D eigenvalue weighted by Gasteiger charge is -2.40. The minimum atomic E-state index is 0.987. The molecule has 0 aromatic heterocycles. The van der Waals surface area contributed by atoms with Crippen LogP contribution in [0.15, 0.2) is 0 Å². The van der Waals surface area contributed by atoms with Crippen LogP contribution in [-0.4, -0.2) is 38.3 Å². The van der Waals surface area contributed by atoms with Crippen LogP contribution in [0.3, 0.4) is 0 Å². The van der Waals surface area contributed by atoms with Gasteiger partial charge in [0.05, 0.1) is 38.3 Å². The van der Waals surface area contributed by atoms with E-state index in [4.69, 9.17) is 0 Å². The second-order valence-electron chi connectivity index (χ2n) is 6.20. The first-order chi connectivity index (χ1) is 8.35. The van der Waals surface area contributed by atoms with Crippen LogP contribution in [0.1, 0.15) is 58.8 Å². The van der Waals surface area contributed by atoms with E-state index in [1.807, 2.05) is 9.80 Å². The van der Waals surface area contributed by atoms with E-state index >= 15 is 0 Å². The summed E-state index contributed by atoms with van der Waals surface area (Å²) in [6, 6.07) is 1.99. The van der Waals surface area contributed by atoms with Gasteiger partial charge in [0, 0.05) is 12.8 Å². The Balaban J connectivity index is 1.82. The number of piperidine rings is 2. The number of hydrogen-bond acceptors (Lipinski definition) is 0. The Morgan fingerprint density at radius 3 is 2.35 bits per heavy atom. The molecule has 2 atom stereocenters. The maximum atomic E-state index is 2.40. The highest BCUT2D eigenvalue weighted by molar-refractivity contribution is 4.66. The molecule has 0 bridgehead atoms. The molecule has 0 saturated carbocycles. The molecule has 0 aromatic rings. The zero-order valence-electron chi connectivity index (χ0n) is 11.9. The van der Waals surface area contributed by atoms with Crippen molar-refractivity contribution in [2.45, 2.75) is 70.9 Å². The van der Waals surface area contributed by atoms with E-state index in [1.54, 1.807) is 0 Å². The van der Waals surface area contributed by atoms with E-state index < -0.39 is 0 Å². The minimum absolute atomic E-state index is 0.987. The molecule has 2 heteroatoms. The van der Waals surface area contributed by atoms with Crippen molar-refractivity contribution in [2.75, 3.05) is 26.2 Å². The Morgan fingerprint density at radius 1 is 0.941 bits per heavy atom. The molecule has 2 rings (SSSR count). The fraction of sp³-hybridized carbons (Fsp3) is 1.00. The monoisotopic (exact) mass is 240 g/mol. The van der Waals surface area contributed by atoms with E-state index in [1.165, 1.54) is 71.1 Å². The van der Waals surface area contributed by atoms with Gasteiger partial charge < -0.3 is 9.80 Å². The third kappa shape index (κ3) is 3.45. The van der Waals surface area contributed by atoms with Crippen LogP contribution in [-0.2, 0) is 0 Å². The molecular formula is C15H32N2+2. The highest BCUT2D eigenvalue weighted by Gasteiger charge is 2.34. The average Bonchev–Trinajstić information content (AvgIpc) is 2.40. The van der Waals surface area contributed by atoms with Crippen molar-refractivity contribution < 1.29 is 9.80 Å².